The minimum atomic E-state index is -0.0147. The van der Waals surface area contributed by atoms with Crippen LogP contribution in [0.15, 0.2) is 23.0 Å². The fraction of sp³-hybridized carbons (Fsp3) is 0.529. The van der Waals surface area contributed by atoms with E-state index in [2.05, 4.69) is 30.7 Å². The highest BCUT2D eigenvalue weighted by molar-refractivity contribution is 5.91. The Morgan fingerprint density at radius 2 is 1.96 bits per heavy atom. The molecule has 8 nitrogen and oxygen atoms in total. The molecule has 0 spiro atoms. The Morgan fingerprint density at radius 3 is 2.64 bits per heavy atom. The summed E-state index contributed by atoms with van der Waals surface area (Å²) in [5, 5.41) is 10.0. The minimum absolute atomic E-state index is 0.00623. The molecule has 1 aliphatic carbocycles. The standard InChI is InChI=1S/C17H22N6O2/c1-11-8-15(22-25-11)21-17(24)12-4-6-23(7-5-12)16-9-14(18-10-19-16)20-13-2-3-13/h8-10,12-13H,2-7H2,1H3,(H,18,19,20)(H,21,22,24). The third-order valence-electron chi connectivity index (χ3n) is 4.65. The molecule has 0 aromatic carbocycles. The van der Waals surface area contributed by atoms with E-state index in [-0.39, 0.29) is 11.8 Å². The molecule has 2 fully saturated rings. The molecule has 1 amide bonds. The zero-order chi connectivity index (χ0) is 17.2. The van der Waals surface area contributed by atoms with E-state index in [9.17, 15) is 4.79 Å². The van der Waals surface area contributed by atoms with Gasteiger partial charge in [-0.05, 0) is 32.6 Å². The lowest BCUT2D eigenvalue weighted by Gasteiger charge is -2.32. The summed E-state index contributed by atoms with van der Waals surface area (Å²) in [4.78, 5) is 23.2. The zero-order valence-corrected chi connectivity index (χ0v) is 14.2. The summed E-state index contributed by atoms with van der Waals surface area (Å²) in [5.74, 6) is 2.96. The van der Waals surface area contributed by atoms with Gasteiger partial charge < -0.3 is 20.1 Å². The lowest BCUT2D eigenvalue weighted by atomic mass is 9.96. The Morgan fingerprint density at radius 1 is 1.16 bits per heavy atom. The monoisotopic (exact) mass is 342 g/mol. The van der Waals surface area contributed by atoms with Gasteiger partial charge in [-0.25, -0.2) is 9.97 Å². The van der Waals surface area contributed by atoms with E-state index < -0.39 is 0 Å². The molecular formula is C17H22N6O2. The molecule has 2 aromatic heterocycles. The van der Waals surface area contributed by atoms with Crippen molar-refractivity contribution >= 4 is 23.4 Å². The molecule has 1 saturated carbocycles. The number of hydrogen-bond acceptors (Lipinski definition) is 7. The van der Waals surface area contributed by atoms with Crippen molar-refractivity contribution in [2.24, 2.45) is 5.92 Å². The number of carbonyl (C=O) groups is 1. The maximum atomic E-state index is 12.4. The first kappa shape index (κ1) is 15.9. The summed E-state index contributed by atoms with van der Waals surface area (Å²) in [6.45, 7) is 3.40. The van der Waals surface area contributed by atoms with Crippen LogP contribution in [0.5, 0.6) is 0 Å². The second-order valence-electron chi connectivity index (χ2n) is 6.75. The van der Waals surface area contributed by atoms with Crippen molar-refractivity contribution in [3.63, 3.8) is 0 Å². The molecular weight excluding hydrogens is 320 g/mol. The number of nitrogens with zero attached hydrogens (tertiary/aromatic N) is 4. The molecule has 25 heavy (non-hydrogen) atoms. The maximum absolute atomic E-state index is 12.4. The first-order valence-corrected chi connectivity index (χ1v) is 8.75. The van der Waals surface area contributed by atoms with Gasteiger partial charge in [0, 0.05) is 37.2 Å². The number of aryl methyl sites for hydroxylation is 1. The largest absolute Gasteiger partial charge is 0.367 e. The lowest BCUT2D eigenvalue weighted by Crippen LogP contribution is -2.38. The molecule has 2 aliphatic rings. The Balaban J connectivity index is 1.32. The van der Waals surface area contributed by atoms with E-state index in [0.717, 1.165) is 37.6 Å². The van der Waals surface area contributed by atoms with Gasteiger partial charge in [-0.1, -0.05) is 5.16 Å². The highest BCUT2D eigenvalue weighted by atomic mass is 16.5. The van der Waals surface area contributed by atoms with E-state index in [1.54, 1.807) is 19.3 Å². The Hall–Kier alpha value is -2.64. The third kappa shape index (κ3) is 3.89. The van der Waals surface area contributed by atoms with Crippen LogP contribution in [-0.4, -0.2) is 40.2 Å². The van der Waals surface area contributed by atoms with E-state index in [0.29, 0.717) is 17.6 Å². The fourth-order valence-corrected chi connectivity index (χ4v) is 3.06. The molecule has 4 rings (SSSR count). The van der Waals surface area contributed by atoms with Crippen LogP contribution in [0.2, 0.25) is 0 Å². The van der Waals surface area contributed by atoms with Gasteiger partial charge in [0.05, 0.1) is 0 Å². The van der Waals surface area contributed by atoms with Crippen molar-refractivity contribution in [2.75, 3.05) is 28.6 Å². The second-order valence-corrected chi connectivity index (χ2v) is 6.75. The topological polar surface area (TPSA) is 96.2 Å². The van der Waals surface area contributed by atoms with E-state index in [4.69, 9.17) is 4.52 Å². The molecule has 1 saturated heterocycles. The van der Waals surface area contributed by atoms with Gasteiger partial charge in [0.25, 0.3) is 0 Å². The Kier molecular flexibility index (Phi) is 4.25. The molecule has 1 aliphatic heterocycles. The average molecular weight is 342 g/mol. The van der Waals surface area contributed by atoms with Crippen LogP contribution in [-0.2, 0) is 4.79 Å². The van der Waals surface area contributed by atoms with Gasteiger partial charge in [0.1, 0.15) is 23.7 Å². The summed E-state index contributed by atoms with van der Waals surface area (Å²) >= 11 is 0. The van der Waals surface area contributed by atoms with Crippen LogP contribution in [0.4, 0.5) is 17.5 Å². The molecule has 3 heterocycles. The molecule has 2 aromatic rings. The molecule has 8 heteroatoms. The normalized spacial score (nSPS) is 18.2. The number of anilines is 3. The molecule has 2 N–H and O–H groups in total. The van der Waals surface area contributed by atoms with E-state index >= 15 is 0 Å². The summed E-state index contributed by atoms with van der Waals surface area (Å²) in [6, 6.07) is 4.29. The van der Waals surface area contributed by atoms with Crippen molar-refractivity contribution in [3.05, 3.63) is 24.2 Å². The highest BCUT2D eigenvalue weighted by Gasteiger charge is 2.27. The maximum Gasteiger partial charge on any atom is 0.228 e. The van der Waals surface area contributed by atoms with Crippen molar-refractivity contribution in [1.29, 1.82) is 0 Å². The van der Waals surface area contributed by atoms with Gasteiger partial charge >= 0.3 is 0 Å². The Labute approximate surface area is 146 Å². The SMILES string of the molecule is Cc1cc(NC(=O)C2CCN(c3cc(NC4CC4)ncn3)CC2)no1. The van der Waals surface area contributed by atoms with Crippen LogP contribution >= 0.6 is 0 Å². The van der Waals surface area contributed by atoms with Crippen molar-refractivity contribution in [2.45, 2.75) is 38.6 Å². The quantitative estimate of drug-likeness (QED) is 0.860. The number of hydrogen-bond donors (Lipinski definition) is 2. The number of amides is 1. The first-order chi connectivity index (χ1) is 12.2. The van der Waals surface area contributed by atoms with Gasteiger partial charge in [-0.2, -0.15) is 0 Å². The average Bonchev–Trinajstić information content (AvgIpc) is 3.35. The van der Waals surface area contributed by atoms with Gasteiger partial charge in [0.15, 0.2) is 5.82 Å². The van der Waals surface area contributed by atoms with Crippen LogP contribution in [0.3, 0.4) is 0 Å². The number of rotatable bonds is 5. The van der Waals surface area contributed by atoms with E-state index in [1.807, 2.05) is 6.07 Å². The summed E-state index contributed by atoms with van der Waals surface area (Å²) < 4.78 is 4.98. The first-order valence-electron chi connectivity index (χ1n) is 8.75. The number of carbonyl (C=O) groups excluding carboxylic acids is 1. The smallest absolute Gasteiger partial charge is 0.228 e. The van der Waals surface area contributed by atoms with Gasteiger partial charge in [-0.3, -0.25) is 4.79 Å². The Bertz CT molecular complexity index is 749. The number of piperidine rings is 1. The molecule has 0 unspecified atom stereocenters. The summed E-state index contributed by atoms with van der Waals surface area (Å²) in [7, 11) is 0. The molecule has 0 atom stereocenters. The van der Waals surface area contributed by atoms with Crippen molar-refractivity contribution < 1.29 is 9.32 Å². The summed E-state index contributed by atoms with van der Waals surface area (Å²) in [6.07, 6.45) is 5.61. The number of nitrogens with one attached hydrogen (secondary N) is 2. The van der Waals surface area contributed by atoms with Crippen LogP contribution in [0.1, 0.15) is 31.4 Å². The second kappa shape index (κ2) is 6.70. The minimum Gasteiger partial charge on any atom is -0.367 e. The fourth-order valence-electron chi connectivity index (χ4n) is 3.06. The highest BCUT2D eigenvalue weighted by Crippen LogP contribution is 2.27. The van der Waals surface area contributed by atoms with Crippen LogP contribution in [0, 0.1) is 12.8 Å². The predicted molar refractivity (Wildman–Crippen MR) is 93.5 cm³/mol. The van der Waals surface area contributed by atoms with E-state index in [1.165, 1.54) is 12.8 Å². The van der Waals surface area contributed by atoms with Crippen molar-refractivity contribution in [3.8, 4) is 0 Å². The number of aromatic nitrogens is 3. The van der Waals surface area contributed by atoms with Crippen LogP contribution < -0.4 is 15.5 Å². The molecule has 132 valence electrons. The predicted octanol–water partition coefficient (Wildman–Crippen LogP) is 2.20. The van der Waals surface area contributed by atoms with Crippen molar-refractivity contribution in [1.82, 2.24) is 15.1 Å². The third-order valence-corrected chi connectivity index (χ3v) is 4.65. The summed E-state index contributed by atoms with van der Waals surface area (Å²) in [5.41, 5.74) is 0. The zero-order valence-electron chi connectivity index (χ0n) is 14.2. The molecule has 0 radical (unpaired) electrons. The lowest BCUT2D eigenvalue weighted by molar-refractivity contribution is -0.120. The van der Waals surface area contributed by atoms with Gasteiger partial charge in [-0.15, -0.1) is 0 Å². The van der Waals surface area contributed by atoms with Gasteiger partial charge in [0.2, 0.25) is 5.91 Å². The van der Waals surface area contributed by atoms with Crippen LogP contribution in [0.25, 0.3) is 0 Å². The molecule has 0 bridgehead atoms.